The van der Waals surface area contributed by atoms with Gasteiger partial charge in [-0.05, 0) is 151 Å². The van der Waals surface area contributed by atoms with Crippen molar-refractivity contribution >= 4 is 6.21 Å². The highest BCUT2D eigenvalue weighted by atomic mass is 15.5. The van der Waals surface area contributed by atoms with E-state index in [9.17, 15) is 0 Å². The SMILES string of the molecule is C=C(/C=N\N1CCCC1)C(C)C.CC(C)C1CCC(N2CCCC2)CC1.CCCN(CCC)C1CCC(C(C)C)CC1. The van der Waals surface area contributed by atoms with Crippen molar-refractivity contribution in [2.45, 2.75) is 157 Å². The molecule has 2 heterocycles. The van der Waals surface area contributed by atoms with Crippen molar-refractivity contribution in [3.05, 3.63) is 12.2 Å². The highest BCUT2D eigenvalue weighted by molar-refractivity contribution is 5.77. The Bertz CT molecular complexity index is 695. The van der Waals surface area contributed by atoms with E-state index in [2.05, 4.69) is 81.9 Å². The second kappa shape index (κ2) is 21.0. The van der Waals surface area contributed by atoms with Gasteiger partial charge in [0.15, 0.2) is 0 Å². The van der Waals surface area contributed by atoms with Gasteiger partial charge in [0.05, 0.1) is 0 Å². The topological polar surface area (TPSA) is 22.1 Å². The first-order valence-electron chi connectivity index (χ1n) is 18.6. The van der Waals surface area contributed by atoms with Gasteiger partial charge >= 0.3 is 0 Å². The molecule has 0 aromatic heterocycles. The van der Waals surface area contributed by atoms with Crippen LogP contribution in [0.2, 0.25) is 0 Å². The molecule has 0 amide bonds. The maximum Gasteiger partial charge on any atom is 0.0499 e. The van der Waals surface area contributed by atoms with Gasteiger partial charge in [-0.15, -0.1) is 0 Å². The summed E-state index contributed by atoms with van der Waals surface area (Å²) in [7, 11) is 0. The summed E-state index contributed by atoms with van der Waals surface area (Å²) >= 11 is 0. The largest absolute Gasteiger partial charge is 0.300 e. The molecule has 0 unspecified atom stereocenters. The van der Waals surface area contributed by atoms with Crippen LogP contribution < -0.4 is 0 Å². The van der Waals surface area contributed by atoms with Gasteiger partial charge in [0.2, 0.25) is 0 Å². The summed E-state index contributed by atoms with van der Waals surface area (Å²) in [4.78, 5) is 5.49. The molecule has 4 aliphatic rings. The number of hydrazone groups is 1. The molecule has 0 bridgehead atoms. The fraction of sp³-hybridized carbons (Fsp3) is 0.921. The highest BCUT2D eigenvalue weighted by Crippen LogP contribution is 2.34. The molecule has 42 heavy (non-hydrogen) atoms. The number of hydrogen-bond acceptors (Lipinski definition) is 4. The van der Waals surface area contributed by atoms with Crippen LogP contribution in [0, 0.1) is 29.6 Å². The summed E-state index contributed by atoms with van der Waals surface area (Å²) in [6.45, 7) is 30.0. The van der Waals surface area contributed by atoms with Crippen LogP contribution in [0.1, 0.15) is 145 Å². The first-order chi connectivity index (χ1) is 20.2. The fourth-order valence-corrected chi connectivity index (χ4v) is 7.55. The predicted octanol–water partition coefficient (Wildman–Crippen LogP) is 9.90. The van der Waals surface area contributed by atoms with Gasteiger partial charge in [0, 0.05) is 31.4 Å². The van der Waals surface area contributed by atoms with E-state index >= 15 is 0 Å². The second-order valence-corrected chi connectivity index (χ2v) is 15.0. The third kappa shape index (κ3) is 13.8. The molecule has 2 aliphatic carbocycles. The summed E-state index contributed by atoms with van der Waals surface area (Å²) in [5.41, 5.74) is 1.11. The van der Waals surface area contributed by atoms with E-state index in [1.165, 1.54) is 116 Å². The molecule has 4 rings (SSSR count). The van der Waals surface area contributed by atoms with E-state index in [4.69, 9.17) is 0 Å². The zero-order valence-electron chi connectivity index (χ0n) is 29.8. The minimum absolute atomic E-state index is 0.511. The molecule has 4 nitrogen and oxygen atoms in total. The first kappa shape index (κ1) is 37.3. The first-order valence-corrected chi connectivity index (χ1v) is 18.6. The molecule has 0 aromatic rings. The van der Waals surface area contributed by atoms with Crippen LogP contribution in [0.5, 0.6) is 0 Å². The van der Waals surface area contributed by atoms with Gasteiger partial charge in [0.1, 0.15) is 0 Å². The maximum absolute atomic E-state index is 4.35. The molecular formula is C38H74N4. The minimum atomic E-state index is 0.511. The zero-order chi connectivity index (χ0) is 30.9. The standard InChI is InChI=1S/C15H31N.C13H25N.C10H18N2/c1-5-11-16(12-6-2)15-9-7-14(8-10-15)13(3)4;1-11(2)12-5-7-13(8-6-12)14-9-3-4-10-14;1-9(2)10(3)8-11-12-6-4-5-7-12/h13-15H,5-12H2,1-4H3;11-13H,3-10H2,1-2H3;8-9H,3-7H2,1-2H3/b;;11-8-. The Labute approximate surface area is 264 Å². The molecule has 0 N–H and O–H groups in total. The van der Waals surface area contributed by atoms with E-state index in [1.54, 1.807) is 0 Å². The van der Waals surface area contributed by atoms with Crippen molar-refractivity contribution in [2.75, 3.05) is 39.3 Å². The lowest BCUT2D eigenvalue weighted by molar-refractivity contribution is 0.123. The van der Waals surface area contributed by atoms with Gasteiger partial charge in [-0.25, -0.2) is 0 Å². The lowest BCUT2D eigenvalue weighted by Gasteiger charge is -2.38. The lowest BCUT2D eigenvalue weighted by atomic mass is 9.79. The summed E-state index contributed by atoms with van der Waals surface area (Å²) in [6, 6.07) is 1.85. The average molecular weight is 587 g/mol. The minimum Gasteiger partial charge on any atom is -0.300 e. The summed E-state index contributed by atoms with van der Waals surface area (Å²) in [5.74, 6) is 4.34. The quantitative estimate of drug-likeness (QED) is 0.225. The van der Waals surface area contributed by atoms with Crippen molar-refractivity contribution in [3.8, 4) is 0 Å². The predicted molar refractivity (Wildman–Crippen MR) is 187 cm³/mol. The van der Waals surface area contributed by atoms with E-state index in [0.29, 0.717) is 5.92 Å². The molecule has 0 spiro atoms. The number of nitrogens with zero attached hydrogens (tertiary/aromatic N) is 4. The van der Waals surface area contributed by atoms with Crippen LogP contribution >= 0.6 is 0 Å². The van der Waals surface area contributed by atoms with E-state index in [-0.39, 0.29) is 0 Å². The zero-order valence-corrected chi connectivity index (χ0v) is 29.8. The Morgan fingerprint density at radius 1 is 0.714 bits per heavy atom. The Morgan fingerprint density at radius 2 is 1.17 bits per heavy atom. The highest BCUT2D eigenvalue weighted by Gasteiger charge is 2.28. The summed E-state index contributed by atoms with van der Waals surface area (Å²) in [5, 5.41) is 6.47. The van der Waals surface area contributed by atoms with Gasteiger partial charge in [-0.1, -0.05) is 62.0 Å². The molecule has 4 fully saturated rings. The molecule has 246 valence electrons. The van der Waals surface area contributed by atoms with Gasteiger partial charge in [-0.3, -0.25) is 5.01 Å². The van der Waals surface area contributed by atoms with E-state index < -0.39 is 0 Å². The molecule has 2 saturated carbocycles. The van der Waals surface area contributed by atoms with Crippen LogP contribution in [-0.2, 0) is 0 Å². The van der Waals surface area contributed by atoms with Crippen molar-refractivity contribution < 1.29 is 0 Å². The van der Waals surface area contributed by atoms with E-state index in [0.717, 1.165) is 54.4 Å². The number of hydrogen-bond donors (Lipinski definition) is 0. The Kier molecular flexibility index (Phi) is 18.6. The molecule has 2 aliphatic heterocycles. The lowest BCUT2D eigenvalue weighted by Crippen LogP contribution is -2.39. The Balaban J connectivity index is 0.000000222. The number of rotatable bonds is 11. The molecular weight excluding hydrogens is 512 g/mol. The van der Waals surface area contributed by atoms with Gasteiger partial charge in [0.25, 0.3) is 0 Å². The monoisotopic (exact) mass is 587 g/mol. The summed E-state index contributed by atoms with van der Waals surface area (Å²) in [6.07, 6.45) is 21.7. The van der Waals surface area contributed by atoms with Crippen LogP contribution in [0.25, 0.3) is 0 Å². The molecule has 2 saturated heterocycles. The molecule has 4 heteroatoms. The Morgan fingerprint density at radius 3 is 1.60 bits per heavy atom. The third-order valence-electron chi connectivity index (χ3n) is 10.8. The molecule has 0 atom stereocenters. The molecule has 0 radical (unpaired) electrons. The molecule has 0 aromatic carbocycles. The van der Waals surface area contributed by atoms with Gasteiger partial charge in [-0.2, -0.15) is 5.10 Å². The number of allylic oxidation sites excluding steroid dienone is 1. The summed E-state index contributed by atoms with van der Waals surface area (Å²) < 4.78 is 0. The third-order valence-corrected chi connectivity index (χ3v) is 10.8. The second-order valence-electron chi connectivity index (χ2n) is 15.0. The smallest absolute Gasteiger partial charge is 0.0499 e. The van der Waals surface area contributed by atoms with Crippen LogP contribution in [0.4, 0.5) is 0 Å². The van der Waals surface area contributed by atoms with Crippen molar-refractivity contribution in [1.29, 1.82) is 0 Å². The van der Waals surface area contributed by atoms with E-state index in [1.807, 2.05) is 6.21 Å². The number of likely N-dealkylation sites (tertiary alicyclic amines) is 1. The van der Waals surface area contributed by atoms with Crippen molar-refractivity contribution in [2.24, 2.45) is 34.7 Å². The Hall–Kier alpha value is -0.870. The average Bonchev–Trinajstić information content (AvgIpc) is 3.72. The normalized spacial score (nSPS) is 27.1. The fourth-order valence-electron chi connectivity index (χ4n) is 7.55. The van der Waals surface area contributed by atoms with Crippen LogP contribution in [0.3, 0.4) is 0 Å². The maximum atomic E-state index is 4.35. The van der Waals surface area contributed by atoms with Crippen molar-refractivity contribution in [3.63, 3.8) is 0 Å². The van der Waals surface area contributed by atoms with Crippen molar-refractivity contribution in [1.82, 2.24) is 14.8 Å². The van der Waals surface area contributed by atoms with Crippen LogP contribution in [-0.4, -0.2) is 72.4 Å². The van der Waals surface area contributed by atoms with Crippen LogP contribution in [0.15, 0.2) is 17.3 Å². The van der Waals surface area contributed by atoms with Gasteiger partial charge < -0.3 is 9.80 Å².